The van der Waals surface area contributed by atoms with Crippen molar-refractivity contribution in [1.29, 1.82) is 0 Å². The third kappa shape index (κ3) is 14.3. The van der Waals surface area contributed by atoms with E-state index in [1.54, 1.807) is 12.3 Å². The predicted molar refractivity (Wildman–Crippen MR) is 175 cm³/mol. The number of aliphatic imine (C=N–C) groups is 1. The molecule has 0 unspecified atom stereocenters. The molecule has 7 heteroatoms. The number of halogens is 5. The zero-order valence-electron chi connectivity index (χ0n) is 24.4. The van der Waals surface area contributed by atoms with Crippen molar-refractivity contribution in [2.45, 2.75) is 51.6 Å². The summed E-state index contributed by atoms with van der Waals surface area (Å²) in [6, 6.07) is 22.5. The minimum absolute atomic E-state index is 0.262. The number of benzene rings is 3. The fourth-order valence-electron chi connectivity index (χ4n) is 3.28. The number of allylic oxidation sites excluding steroid dienone is 4. The van der Waals surface area contributed by atoms with E-state index in [9.17, 15) is 17.6 Å². The molecule has 0 saturated heterocycles. The van der Waals surface area contributed by atoms with Crippen molar-refractivity contribution in [2.75, 3.05) is 0 Å². The normalized spacial score (nSPS) is 12.0. The topological polar surface area (TPSA) is 38.4 Å². The van der Waals surface area contributed by atoms with Crippen LogP contribution in [0.5, 0.6) is 0 Å². The van der Waals surface area contributed by atoms with E-state index in [2.05, 4.69) is 11.6 Å². The largest absolute Gasteiger partial charge is 0.402 e. The van der Waals surface area contributed by atoms with Gasteiger partial charge in [0, 0.05) is 12.1 Å². The van der Waals surface area contributed by atoms with Crippen LogP contribution >= 0.6 is 19.8 Å². The SMILES string of the molecule is C/C=C/N=C(/C=C\C(C)C)I(Cc1ccccc1)c1cc(F)cc(C(F)(F)F)c1.C=C(N)Cc1ccccc1.CC. The maximum Gasteiger partial charge on any atom is 0.0115 e. The Bertz CT molecular complexity index is 1260. The summed E-state index contributed by atoms with van der Waals surface area (Å²) in [6.45, 7) is 13.5. The molecule has 0 heterocycles. The van der Waals surface area contributed by atoms with Crippen LogP contribution in [0, 0.1) is 15.3 Å². The van der Waals surface area contributed by atoms with Crippen molar-refractivity contribution in [3.05, 3.63) is 142 Å². The number of rotatable bonds is 9. The Morgan fingerprint density at radius 1 is 0.951 bits per heavy atom. The van der Waals surface area contributed by atoms with E-state index in [1.165, 1.54) is 11.6 Å². The molecule has 222 valence electrons. The molecular formula is C34H41F4IN2. The Morgan fingerprint density at radius 3 is 2.00 bits per heavy atom. The summed E-state index contributed by atoms with van der Waals surface area (Å²) in [7, 11) is 0. The smallest absolute Gasteiger partial charge is 0.0115 e. The molecule has 2 N–H and O–H groups in total. The van der Waals surface area contributed by atoms with Crippen molar-refractivity contribution in [2.24, 2.45) is 16.6 Å². The van der Waals surface area contributed by atoms with Gasteiger partial charge >= 0.3 is 177 Å². The van der Waals surface area contributed by atoms with Gasteiger partial charge in [-0.2, -0.15) is 0 Å². The first-order valence-corrected chi connectivity index (χ1v) is 17.1. The van der Waals surface area contributed by atoms with Gasteiger partial charge in [0.1, 0.15) is 0 Å². The van der Waals surface area contributed by atoms with Gasteiger partial charge in [-0.15, -0.1) is 0 Å². The number of alkyl halides is 4. The van der Waals surface area contributed by atoms with E-state index in [-0.39, 0.29) is 5.92 Å². The van der Waals surface area contributed by atoms with Crippen LogP contribution in [-0.2, 0) is 17.0 Å². The van der Waals surface area contributed by atoms with Gasteiger partial charge in [0.2, 0.25) is 0 Å². The van der Waals surface area contributed by atoms with Gasteiger partial charge in [0.25, 0.3) is 0 Å². The van der Waals surface area contributed by atoms with Crippen molar-refractivity contribution in [1.82, 2.24) is 0 Å². The Labute approximate surface area is 250 Å². The molecule has 0 aliphatic rings. The van der Waals surface area contributed by atoms with E-state index < -0.39 is 37.4 Å². The third-order valence-electron chi connectivity index (χ3n) is 5.06. The summed E-state index contributed by atoms with van der Waals surface area (Å²) in [5.74, 6) is -0.609. The van der Waals surface area contributed by atoms with Crippen LogP contribution in [-0.4, -0.2) is 3.72 Å². The first-order chi connectivity index (χ1) is 19.5. The average Bonchev–Trinajstić information content (AvgIpc) is 2.93. The Hall–Kier alpha value is -3.20. The second kappa shape index (κ2) is 19.0. The molecule has 0 saturated carbocycles. The molecule has 0 aliphatic carbocycles. The van der Waals surface area contributed by atoms with Gasteiger partial charge in [0.05, 0.1) is 0 Å². The maximum absolute atomic E-state index is 14.1. The summed E-state index contributed by atoms with van der Waals surface area (Å²) in [4.78, 5) is 4.52. The van der Waals surface area contributed by atoms with Crippen LogP contribution in [0.25, 0.3) is 0 Å². The minimum Gasteiger partial charge on any atom is -0.402 e. The van der Waals surface area contributed by atoms with E-state index in [1.807, 2.05) is 107 Å². The van der Waals surface area contributed by atoms with Gasteiger partial charge in [-0.1, -0.05) is 50.8 Å². The molecule has 0 atom stereocenters. The predicted octanol–water partition coefficient (Wildman–Crippen LogP) is 10.6. The molecule has 0 bridgehead atoms. The van der Waals surface area contributed by atoms with Gasteiger partial charge in [-0.25, -0.2) is 0 Å². The van der Waals surface area contributed by atoms with E-state index >= 15 is 0 Å². The number of nitrogens with zero attached hydrogens (tertiary/aromatic N) is 1. The summed E-state index contributed by atoms with van der Waals surface area (Å²) < 4.78 is 55.7. The van der Waals surface area contributed by atoms with E-state index in [4.69, 9.17) is 5.73 Å². The average molecular weight is 681 g/mol. The molecule has 0 spiro atoms. The van der Waals surface area contributed by atoms with Gasteiger partial charge in [-0.3, -0.25) is 0 Å². The van der Waals surface area contributed by atoms with Crippen molar-refractivity contribution in [3.8, 4) is 0 Å². The molecule has 3 aromatic carbocycles. The second-order valence-electron chi connectivity index (χ2n) is 8.99. The summed E-state index contributed by atoms with van der Waals surface area (Å²) in [5, 5.41) is 0. The second-order valence-corrected chi connectivity index (χ2v) is 14.2. The quantitative estimate of drug-likeness (QED) is 0.104. The zero-order chi connectivity index (χ0) is 30.8. The molecule has 0 radical (unpaired) electrons. The van der Waals surface area contributed by atoms with Crippen LogP contribution in [0.3, 0.4) is 0 Å². The number of nitrogens with two attached hydrogens (primary N) is 1. The Kier molecular flexibility index (Phi) is 16.6. The van der Waals surface area contributed by atoms with Crippen molar-refractivity contribution in [3.63, 3.8) is 0 Å². The standard InChI is InChI=1S/C23H24F4IN.C9H11N.C2H6/c1-4-12-29-22(11-10-17(2)3)28(16-18-8-6-5-7-9-18)21-14-19(23(25,26)27)13-20(24)15-21;1-8(10)7-9-5-3-2-4-6-9;1-2/h4-15,17H,16H2,1-3H3;2-6H,1,7,10H2;1-2H3/b11-10-,12-4+,29-22-;;. The molecule has 3 aromatic rings. The van der Waals surface area contributed by atoms with Gasteiger partial charge in [-0.05, 0) is 5.56 Å². The summed E-state index contributed by atoms with van der Waals surface area (Å²) in [5.41, 5.74) is 7.41. The van der Waals surface area contributed by atoms with Crippen LogP contribution in [0.2, 0.25) is 0 Å². The molecule has 2 nitrogen and oxygen atoms in total. The number of hydrogen-bond donors (Lipinski definition) is 1. The summed E-state index contributed by atoms with van der Waals surface area (Å²) >= 11 is -2.50. The monoisotopic (exact) mass is 680 g/mol. The molecule has 0 aromatic heterocycles. The van der Waals surface area contributed by atoms with Crippen LogP contribution < -0.4 is 5.73 Å². The van der Waals surface area contributed by atoms with Crippen LogP contribution in [0.1, 0.15) is 51.3 Å². The molecule has 0 aliphatic heterocycles. The maximum atomic E-state index is 14.1. The third-order valence-corrected chi connectivity index (χ3v) is 10.8. The molecule has 41 heavy (non-hydrogen) atoms. The Morgan fingerprint density at radius 2 is 1.51 bits per heavy atom. The van der Waals surface area contributed by atoms with Crippen molar-refractivity contribution < 1.29 is 17.6 Å². The number of hydrogen-bond acceptors (Lipinski definition) is 2. The fraction of sp³-hybridized carbons (Fsp3) is 0.265. The van der Waals surface area contributed by atoms with E-state index in [0.29, 0.717) is 19.8 Å². The van der Waals surface area contributed by atoms with Crippen molar-refractivity contribution >= 4 is 23.5 Å². The summed E-state index contributed by atoms with van der Waals surface area (Å²) in [6.07, 6.45) is 3.45. The molecule has 0 fully saturated rings. The molecule has 0 amide bonds. The zero-order valence-corrected chi connectivity index (χ0v) is 26.6. The van der Waals surface area contributed by atoms with Crippen LogP contribution in [0.4, 0.5) is 17.6 Å². The minimum atomic E-state index is -4.60. The fourth-order valence-corrected chi connectivity index (χ4v) is 8.66. The molecular weight excluding hydrogens is 639 g/mol. The molecule has 3 rings (SSSR count). The Balaban J connectivity index is 0.000000584. The first-order valence-electron chi connectivity index (χ1n) is 13.4. The van der Waals surface area contributed by atoms with Gasteiger partial charge in [0.15, 0.2) is 0 Å². The van der Waals surface area contributed by atoms with Gasteiger partial charge < -0.3 is 5.73 Å². The van der Waals surface area contributed by atoms with Crippen LogP contribution in [0.15, 0.2) is 121 Å². The van der Waals surface area contributed by atoms with E-state index in [0.717, 1.165) is 21.8 Å². The first kappa shape index (κ1) is 35.8.